The third-order valence-corrected chi connectivity index (χ3v) is 5.81. The lowest BCUT2D eigenvalue weighted by atomic mass is 10.1. The molecule has 4 aromatic rings. The molecule has 8 heteroatoms. The topological polar surface area (TPSA) is 62.6 Å². The molecule has 0 saturated heterocycles. The van der Waals surface area contributed by atoms with Crippen molar-refractivity contribution in [3.63, 3.8) is 0 Å². The number of rotatable bonds is 5. The number of carbonyl (C=O) groups excluding carboxylic acids is 1. The number of hydrogen-bond donors (Lipinski definition) is 0. The van der Waals surface area contributed by atoms with E-state index in [1.165, 1.54) is 16.8 Å². The van der Waals surface area contributed by atoms with Crippen LogP contribution >= 0.6 is 11.6 Å². The Morgan fingerprint density at radius 2 is 1.85 bits per heavy atom. The molecule has 1 aliphatic heterocycles. The van der Waals surface area contributed by atoms with Gasteiger partial charge >= 0.3 is 5.97 Å². The van der Waals surface area contributed by atoms with E-state index < -0.39 is 18.1 Å². The number of para-hydroxylation sites is 1. The molecule has 0 bridgehead atoms. The molecular weight excluding hydrogens is 459 g/mol. The van der Waals surface area contributed by atoms with Gasteiger partial charge in [-0.25, -0.2) is 13.9 Å². The number of carbonyl (C=O) groups is 1. The van der Waals surface area contributed by atoms with Gasteiger partial charge in [-0.2, -0.15) is 5.10 Å². The number of aromatic nitrogens is 2. The highest BCUT2D eigenvalue weighted by Gasteiger charge is 2.27. The molecule has 0 saturated carbocycles. The molecule has 0 spiro atoms. The molecule has 1 atom stereocenters. The highest BCUT2D eigenvalue weighted by atomic mass is 35.5. The minimum Gasteiger partial charge on any atom is -0.460 e. The fourth-order valence-electron chi connectivity index (χ4n) is 3.85. The van der Waals surface area contributed by atoms with E-state index in [1.54, 1.807) is 6.92 Å². The second-order valence-electron chi connectivity index (χ2n) is 7.80. The summed E-state index contributed by atoms with van der Waals surface area (Å²) in [5.41, 5.74) is 3.07. The minimum atomic E-state index is -0.658. The van der Waals surface area contributed by atoms with Gasteiger partial charge in [0.15, 0.2) is 0 Å². The lowest BCUT2D eigenvalue weighted by molar-refractivity contribution is -0.112. The summed E-state index contributed by atoms with van der Waals surface area (Å²) in [5.74, 6) is -0.687. The smallest absolute Gasteiger partial charge is 0.343 e. The number of hydrogen-bond acceptors (Lipinski definition) is 5. The van der Waals surface area contributed by atoms with Crippen LogP contribution in [0.2, 0.25) is 5.15 Å². The fourth-order valence-corrected chi connectivity index (χ4v) is 4.19. The van der Waals surface area contributed by atoms with Crippen LogP contribution in [0, 0.1) is 12.7 Å². The zero-order valence-corrected chi connectivity index (χ0v) is 19.0. The van der Waals surface area contributed by atoms with Gasteiger partial charge in [-0.3, -0.25) is 0 Å². The van der Waals surface area contributed by atoms with E-state index in [-0.39, 0.29) is 23.9 Å². The van der Waals surface area contributed by atoms with E-state index in [4.69, 9.17) is 25.8 Å². The van der Waals surface area contributed by atoms with Crippen LogP contribution in [0.1, 0.15) is 39.0 Å². The van der Waals surface area contributed by atoms with Gasteiger partial charge in [-0.15, -0.1) is 0 Å². The lowest BCUT2D eigenvalue weighted by Gasteiger charge is -2.28. The van der Waals surface area contributed by atoms with Crippen molar-refractivity contribution in [1.29, 1.82) is 0 Å². The molecule has 5 rings (SSSR count). The minimum absolute atomic E-state index is 0.142. The van der Waals surface area contributed by atoms with E-state index >= 15 is 0 Å². The van der Waals surface area contributed by atoms with Crippen molar-refractivity contribution in [2.45, 2.75) is 26.4 Å². The third-order valence-electron chi connectivity index (χ3n) is 5.46. The number of esters is 1. The predicted molar refractivity (Wildman–Crippen MR) is 123 cm³/mol. The first-order chi connectivity index (χ1) is 16.5. The van der Waals surface area contributed by atoms with Crippen LogP contribution in [0.4, 0.5) is 4.39 Å². The molecule has 0 amide bonds. The van der Waals surface area contributed by atoms with Gasteiger partial charge < -0.3 is 14.2 Å². The van der Waals surface area contributed by atoms with E-state index in [0.29, 0.717) is 28.3 Å². The summed E-state index contributed by atoms with van der Waals surface area (Å²) in [6.07, 6.45) is -0.644. The maximum absolute atomic E-state index is 14.3. The summed E-state index contributed by atoms with van der Waals surface area (Å²) in [6.45, 7) is 1.64. The van der Waals surface area contributed by atoms with Gasteiger partial charge in [0.05, 0.1) is 18.0 Å². The lowest BCUT2D eigenvalue weighted by Crippen LogP contribution is -2.20. The number of aryl methyl sites for hydroxylation is 1. The van der Waals surface area contributed by atoms with Gasteiger partial charge in [0.1, 0.15) is 28.9 Å². The maximum atomic E-state index is 14.3. The van der Waals surface area contributed by atoms with Gasteiger partial charge in [-0.1, -0.05) is 60.1 Å². The maximum Gasteiger partial charge on any atom is 0.343 e. The van der Waals surface area contributed by atoms with Crippen molar-refractivity contribution < 1.29 is 23.4 Å². The van der Waals surface area contributed by atoms with Gasteiger partial charge in [0.25, 0.3) is 0 Å². The Kier molecular flexibility index (Phi) is 6.04. The molecule has 0 N–H and O–H groups in total. The predicted octanol–water partition coefficient (Wildman–Crippen LogP) is 5.94. The second-order valence-corrected chi connectivity index (χ2v) is 8.16. The van der Waals surface area contributed by atoms with E-state index in [9.17, 15) is 9.18 Å². The molecule has 1 aromatic heterocycles. The number of ether oxygens (including phenoxy) is 3. The second kappa shape index (κ2) is 9.29. The Bertz CT molecular complexity index is 1340. The first-order valence-electron chi connectivity index (χ1n) is 10.6. The molecule has 6 nitrogen and oxygen atoms in total. The Morgan fingerprint density at radius 1 is 1.15 bits per heavy atom. The van der Waals surface area contributed by atoms with E-state index in [2.05, 4.69) is 5.10 Å². The highest BCUT2D eigenvalue weighted by Crippen LogP contribution is 2.37. The summed E-state index contributed by atoms with van der Waals surface area (Å²) in [6, 6.07) is 21.3. The SMILES string of the molecule is Cc1nn(-c2ccccc2)c(Cl)c1C(=O)OCc1cc(F)cc2c1O[C@H](c1ccccc1)OC2. The van der Waals surface area contributed by atoms with Crippen molar-refractivity contribution in [3.05, 3.63) is 112 Å². The summed E-state index contributed by atoms with van der Waals surface area (Å²) in [7, 11) is 0. The molecule has 0 fully saturated rings. The first-order valence-corrected chi connectivity index (χ1v) is 11.0. The molecule has 1 aliphatic rings. The average molecular weight is 479 g/mol. The molecule has 3 aromatic carbocycles. The van der Waals surface area contributed by atoms with Crippen LogP contribution in [-0.4, -0.2) is 15.7 Å². The molecule has 0 unspecified atom stereocenters. The van der Waals surface area contributed by atoms with Crippen molar-refractivity contribution in [2.24, 2.45) is 0 Å². The number of benzene rings is 3. The zero-order valence-electron chi connectivity index (χ0n) is 18.2. The molecule has 0 radical (unpaired) electrons. The van der Waals surface area contributed by atoms with Crippen LogP contribution in [-0.2, 0) is 22.7 Å². The molecule has 2 heterocycles. The number of fused-ring (bicyclic) bond motifs is 1. The number of halogens is 2. The monoisotopic (exact) mass is 478 g/mol. The van der Waals surface area contributed by atoms with Crippen molar-refractivity contribution in [2.75, 3.05) is 0 Å². The Labute approximate surface area is 200 Å². The fraction of sp³-hybridized carbons (Fsp3) is 0.154. The average Bonchev–Trinajstić information content (AvgIpc) is 3.16. The van der Waals surface area contributed by atoms with Crippen molar-refractivity contribution in [1.82, 2.24) is 9.78 Å². The van der Waals surface area contributed by atoms with Crippen LogP contribution in [0.15, 0.2) is 72.8 Å². The zero-order chi connectivity index (χ0) is 23.7. The van der Waals surface area contributed by atoms with Gasteiger partial charge in [-0.05, 0) is 31.2 Å². The Balaban J connectivity index is 1.38. The largest absolute Gasteiger partial charge is 0.460 e. The highest BCUT2D eigenvalue weighted by molar-refractivity contribution is 6.33. The molecule has 172 valence electrons. The first kappa shape index (κ1) is 22.1. The van der Waals surface area contributed by atoms with Gasteiger partial charge in [0, 0.05) is 16.7 Å². The summed E-state index contributed by atoms with van der Waals surface area (Å²) in [5, 5.41) is 4.51. The van der Waals surface area contributed by atoms with Crippen LogP contribution in [0.3, 0.4) is 0 Å². The van der Waals surface area contributed by atoms with Crippen molar-refractivity contribution >= 4 is 17.6 Å². The van der Waals surface area contributed by atoms with Crippen LogP contribution in [0.25, 0.3) is 5.69 Å². The Morgan fingerprint density at radius 3 is 2.59 bits per heavy atom. The third kappa shape index (κ3) is 4.27. The van der Waals surface area contributed by atoms with Crippen LogP contribution in [0.5, 0.6) is 5.75 Å². The van der Waals surface area contributed by atoms with Gasteiger partial charge in [0.2, 0.25) is 6.29 Å². The van der Waals surface area contributed by atoms with E-state index in [0.717, 1.165) is 5.56 Å². The molecule has 0 aliphatic carbocycles. The normalized spacial score (nSPS) is 14.9. The summed E-state index contributed by atoms with van der Waals surface area (Å²) < 4.78 is 33.0. The van der Waals surface area contributed by atoms with E-state index in [1.807, 2.05) is 60.7 Å². The number of nitrogens with zero attached hydrogens (tertiary/aromatic N) is 2. The van der Waals surface area contributed by atoms with Crippen molar-refractivity contribution in [3.8, 4) is 11.4 Å². The molecular formula is C26H20ClFN2O4. The molecule has 34 heavy (non-hydrogen) atoms. The standard InChI is InChI=1S/C26H20ClFN2O4/c1-16-22(24(27)30(29-16)21-10-6-3-7-11-21)25(31)32-14-18-12-20(28)13-19-15-33-26(34-23(18)19)17-8-4-2-5-9-17/h2-13,26H,14-15H2,1H3/t26-/m1/s1. The summed E-state index contributed by atoms with van der Waals surface area (Å²) >= 11 is 6.47. The quantitative estimate of drug-likeness (QED) is 0.332. The summed E-state index contributed by atoms with van der Waals surface area (Å²) in [4.78, 5) is 12.9. The Hall–Kier alpha value is -3.68. The van der Waals surface area contributed by atoms with Crippen LogP contribution < -0.4 is 4.74 Å².